The minimum Gasteiger partial charge on any atom is -0.480 e. The quantitative estimate of drug-likeness (QED) is 0.320. The lowest BCUT2D eigenvalue weighted by Gasteiger charge is -2.29. The fourth-order valence-electron chi connectivity index (χ4n) is 4.76. The molecule has 1 aliphatic carbocycles. The van der Waals surface area contributed by atoms with Gasteiger partial charge >= 0.3 is 11.9 Å². The average molecular weight is 413 g/mol. The maximum Gasteiger partial charge on any atom is 0.318 e. The van der Waals surface area contributed by atoms with Crippen LogP contribution in [-0.4, -0.2) is 40.4 Å². The van der Waals surface area contributed by atoms with Crippen molar-refractivity contribution < 1.29 is 29.2 Å². The van der Waals surface area contributed by atoms with Crippen LogP contribution in [0, 0.1) is 21.4 Å². The van der Waals surface area contributed by atoms with Gasteiger partial charge in [0, 0.05) is 10.8 Å². The number of aliphatic carboxylic acids is 1. The van der Waals surface area contributed by atoms with Gasteiger partial charge in [-0.05, 0) is 36.6 Å². The largest absolute Gasteiger partial charge is 0.480 e. The van der Waals surface area contributed by atoms with Crippen LogP contribution >= 0.6 is 0 Å². The Labute approximate surface area is 173 Å². The zero-order valence-electron chi connectivity index (χ0n) is 16.7. The highest BCUT2D eigenvalue weighted by Crippen LogP contribution is 2.55. The van der Waals surface area contributed by atoms with Crippen LogP contribution < -0.4 is 0 Å². The second-order valence-electron chi connectivity index (χ2n) is 7.67. The number of carbonyl (C=O) groups excluding carboxylic acids is 2. The molecule has 4 unspecified atom stereocenters. The van der Waals surface area contributed by atoms with Gasteiger partial charge in [0.05, 0.1) is 18.9 Å². The van der Waals surface area contributed by atoms with Crippen LogP contribution in [0.3, 0.4) is 0 Å². The van der Waals surface area contributed by atoms with Gasteiger partial charge in [0.1, 0.15) is 11.2 Å². The zero-order chi connectivity index (χ0) is 22.1. The number of carboxylic acid groups (broad SMARTS) is 1. The van der Waals surface area contributed by atoms with Gasteiger partial charge in [-0.15, -0.1) is 0 Å². The first-order chi connectivity index (χ1) is 14.2. The summed E-state index contributed by atoms with van der Waals surface area (Å²) >= 11 is 0. The molecular weight excluding hydrogens is 390 g/mol. The number of rotatable bonds is 7. The Hall–Kier alpha value is -3.29. The molecule has 0 saturated heterocycles. The second kappa shape index (κ2) is 8.22. The normalized spacial score (nSPS) is 25.7. The molecule has 0 radical (unpaired) electrons. The Kier molecular flexibility index (Phi) is 5.87. The lowest BCUT2D eigenvalue weighted by atomic mass is 9.70. The van der Waals surface area contributed by atoms with Gasteiger partial charge in [0.2, 0.25) is 6.04 Å². The first-order valence-corrected chi connectivity index (χ1v) is 9.74. The first-order valence-electron chi connectivity index (χ1n) is 9.74. The van der Waals surface area contributed by atoms with Crippen molar-refractivity contribution in [1.82, 2.24) is 0 Å². The predicted molar refractivity (Wildman–Crippen MR) is 108 cm³/mol. The standard InChI is InChI=1S/C22H23NO7/c1-3-30-18(25)11-17-12-22(13(2)24,21(26)27)19(20(17)23(28)29)16-9-8-14-6-4-5-7-15(14)10-16/h4-10,17,19-20H,3,11-12H2,1-2H3,(H,26,27). The number of Topliss-reactive ketones (excluding diaryl/α,β-unsaturated/α-hetero) is 1. The first kappa shape index (κ1) is 21.4. The van der Waals surface area contributed by atoms with E-state index in [9.17, 15) is 29.6 Å². The summed E-state index contributed by atoms with van der Waals surface area (Å²) in [7, 11) is 0. The molecule has 2 aromatic carbocycles. The molecule has 0 amide bonds. The molecule has 0 aromatic heterocycles. The van der Waals surface area contributed by atoms with E-state index in [1.54, 1.807) is 25.1 Å². The molecule has 0 spiro atoms. The summed E-state index contributed by atoms with van der Waals surface area (Å²) in [5, 5.41) is 23.8. The number of carbonyl (C=O) groups is 3. The van der Waals surface area contributed by atoms with Gasteiger partial charge < -0.3 is 9.84 Å². The van der Waals surface area contributed by atoms with E-state index >= 15 is 0 Å². The van der Waals surface area contributed by atoms with Crippen molar-refractivity contribution in [3.63, 3.8) is 0 Å². The average Bonchev–Trinajstić information content (AvgIpc) is 3.04. The molecular formula is C22H23NO7. The molecule has 2 aromatic rings. The summed E-state index contributed by atoms with van der Waals surface area (Å²) in [6.45, 7) is 2.87. The third kappa shape index (κ3) is 3.53. The van der Waals surface area contributed by atoms with Crippen LogP contribution in [0.1, 0.15) is 38.2 Å². The van der Waals surface area contributed by atoms with Crippen LogP contribution in [0.4, 0.5) is 0 Å². The molecule has 1 saturated carbocycles. The van der Waals surface area contributed by atoms with Gasteiger partial charge in [-0.25, -0.2) is 0 Å². The summed E-state index contributed by atoms with van der Waals surface area (Å²) < 4.78 is 4.93. The molecule has 0 aliphatic heterocycles. The van der Waals surface area contributed by atoms with E-state index in [-0.39, 0.29) is 19.4 Å². The van der Waals surface area contributed by atoms with Crippen LogP contribution in [0.2, 0.25) is 0 Å². The molecule has 4 atom stereocenters. The zero-order valence-corrected chi connectivity index (χ0v) is 16.7. The topological polar surface area (TPSA) is 124 Å². The van der Waals surface area contributed by atoms with E-state index in [1.165, 1.54) is 0 Å². The predicted octanol–water partition coefficient (Wildman–Crippen LogP) is 3.20. The van der Waals surface area contributed by atoms with Gasteiger partial charge in [0.25, 0.3) is 0 Å². The molecule has 0 heterocycles. The molecule has 0 bridgehead atoms. The SMILES string of the molecule is CCOC(=O)CC1CC(C(C)=O)(C(=O)O)C(c2ccc3ccccc3c2)C1[N+](=O)[O-]. The molecule has 8 nitrogen and oxygen atoms in total. The van der Waals surface area contributed by atoms with Crippen molar-refractivity contribution in [1.29, 1.82) is 0 Å². The number of hydrogen-bond donors (Lipinski definition) is 1. The summed E-state index contributed by atoms with van der Waals surface area (Å²) in [5.74, 6) is -4.85. The minimum absolute atomic E-state index is 0.111. The summed E-state index contributed by atoms with van der Waals surface area (Å²) in [5.41, 5.74) is -1.59. The summed E-state index contributed by atoms with van der Waals surface area (Å²) in [6, 6.07) is 11.0. The Balaban J connectivity index is 2.18. The number of carboxylic acids is 1. The van der Waals surface area contributed by atoms with Crippen molar-refractivity contribution in [3.05, 3.63) is 58.1 Å². The number of hydrogen-bond acceptors (Lipinski definition) is 6. The fraction of sp³-hybridized carbons (Fsp3) is 0.409. The lowest BCUT2D eigenvalue weighted by Crippen LogP contribution is -2.43. The van der Waals surface area contributed by atoms with E-state index in [0.717, 1.165) is 17.7 Å². The van der Waals surface area contributed by atoms with Crippen molar-refractivity contribution in [2.75, 3.05) is 6.61 Å². The number of nitro groups is 1. The van der Waals surface area contributed by atoms with Gasteiger partial charge in [-0.2, -0.15) is 0 Å². The summed E-state index contributed by atoms with van der Waals surface area (Å²) in [6.07, 6.45) is -0.606. The minimum atomic E-state index is -1.99. The van der Waals surface area contributed by atoms with Crippen LogP contribution in [0.5, 0.6) is 0 Å². The number of nitrogens with zero attached hydrogens (tertiary/aromatic N) is 1. The smallest absolute Gasteiger partial charge is 0.318 e. The third-order valence-electron chi connectivity index (χ3n) is 6.06. The number of esters is 1. The van der Waals surface area contributed by atoms with E-state index in [0.29, 0.717) is 5.56 Å². The second-order valence-corrected chi connectivity index (χ2v) is 7.67. The number of ketones is 1. The van der Waals surface area contributed by atoms with Crippen LogP contribution in [-0.2, 0) is 19.1 Å². The molecule has 1 N–H and O–H groups in total. The van der Waals surface area contributed by atoms with Gasteiger partial charge in [-0.1, -0.05) is 42.5 Å². The third-order valence-corrected chi connectivity index (χ3v) is 6.06. The van der Waals surface area contributed by atoms with Crippen molar-refractivity contribution in [2.24, 2.45) is 11.3 Å². The lowest BCUT2D eigenvalue weighted by molar-refractivity contribution is -0.532. The van der Waals surface area contributed by atoms with Crippen molar-refractivity contribution >= 4 is 28.5 Å². The maximum absolute atomic E-state index is 12.7. The fourth-order valence-corrected chi connectivity index (χ4v) is 4.76. The van der Waals surface area contributed by atoms with E-state index in [2.05, 4.69) is 0 Å². The monoisotopic (exact) mass is 413 g/mol. The molecule has 30 heavy (non-hydrogen) atoms. The Morgan fingerprint density at radius 2 is 1.87 bits per heavy atom. The maximum atomic E-state index is 12.7. The molecule has 158 valence electrons. The molecule has 1 aliphatic rings. The Morgan fingerprint density at radius 1 is 1.20 bits per heavy atom. The van der Waals surface area contributed by atoms with E-state index in [4.69, 9.17) is 4.74 Å². The van der Waals surface area contributed by atoms with E-state index < -0.39 is 45.9 Å². The van der Waals surface area contributed by atoms with Crippen molar-refractivity contribution in [3.8, 4) is 0 Å². The van der Waals surface area contributed by atoms with Crippen LogP contribution in [0.15, 0.2) is 42.5 Å². The molecule has 3 rings (SSSR count). The highest BCUT2D eigenvalue weighted by molar-refractivity contribution is 6.04. The molecule has 1 fully saturated rings. The van der Waals surface area contributed by atoms with E-state index in [1.807, 2.05) is 24.3 Å². The van der Waals surface area contributed by atoms with Crippen molar-refractivity contribution in [2.45, 2.75) is 38.6 Å². The summed E-state index contributed by atoms with van der Waals surface area (Å²) in [4.78, 5) is 48.6. The molecule has 8 heteroatoms. The van der Waals surface area contributed by atoms with Gasteiger partial charge in [-0.3, -0.25) is 24.5 Å². The highest BCUT2D eigenvalue weighted by Gasteiger charge is 2.66. The van der Waals surface area contributed by atoms with Gasteiger partial charge in [0.15, 0.2) is 0 Å². The highest BCUT2D eigenvalue weighted by atomic mass is 16.6. The Morgan fingerprint density at radius 3 is 2.43 bits per heavy atom. The number of ether oxygens (including phenoxy) is 1. The Bertz CT molecular complexity index is 1000. The van der Waals surface area contributed by atoms with Crippen LogP contribution in [0.25, 0.3) is 10.8 Å². The number of fused-ring (bicyclic) bond motifs is 1. The number of benzene rings is 2.